The fourth-order valence-corrected chi connectivity index (χ4v) is 1.25. The molecular formula is C9H8F3N5. The molecule has 0 aliphatic rings. The first-order chi connectivity index (χ1) is 8.02. The molecule has 0 N–H and O–H groups in total. The van der Waals surface area contributed by atoms with Crippen molar-refractivity contribution in [1.29, 1.82) is 0 Å². The first-order valence-corrected chi connectivity index (χ1v) is 4.83. The average molecular weight is 243 g/mol. The van der Waals surface area contributed by atoms with Crippen LogP contribution in [0.25, 0.3) is 5.95 Å². The molecule has 0 aromatic carbocycles. The number of rotatable bonds is 2. The summed E-state index contributed by atoms with van der Waals surface area (Å²) in [6.45, 7) is 1.68. The summed E-state index contributed by atoms with van der Waals surface area (Å²) in [6, 6.07) is 1.57. The van der Waals surface area contributed by atoms with Crippen LogP contribution in [0.15, 0.2) is 18.5 Å². The molecule has 2 heterocycles. The molecule has 0 saturated carbocycles. The highest BCUT2D eigenvalue weighted by Crippen LogP contribution is 2.26. The minimum Gasteiger partial charge on any atom is -0.220 e. The van der Waals surface area contributed by atoms with E-state index in [-0.39, 0.29) is 11.8 Å². The highest BCUT2D eigenvalue weighted by molar-refractivity contribution is 5.12. The van der Waals surface area contributed by atoms with E-state index in [9.17, 15) is 13.2 Å². The standard InChI is InChI=1S/C9H8F3N5/c1-2-6-15-7(9(10,11)12)16-17(6)8-13-4-3-5-14-8/h3-5H,2H2,1H3. The van der Waals surface area contributed by atoms with Crippen LogP contribution in [-0.4, -0.2) is 24.7 Å². The van der Waals surface area contributed by atoms with Gasteiger partial charge in [-0.05, 0) is 6.07 Å². The Bertz CT molecular complexity index is 505. The molecule has 0 aliphatic carbocycles. The van der Waals surface area contributed by atoms with Gasteiger partial charge in [0.05, 0.1) is 0 Å². The first kappa shape index (κ1) is 11.5. The molecule has 0 amide bonds. The van der Waals surface area contributed by atoms with Crippen LogP contribution in [0.5, 0.6) is 0 Å². The third kappa shape index (κ3) is 2.24. The van der Waals surface area contributed by atoms with Gasteiger partial charge in [0.15, 0.2) is 0 Å². The zero-order chi connectivity index (χ0) is 12.5. The van der Waals surface area contributed by atoms with E-state index >= 15 is 0 Å². The number of hydrogen-bond donors (Lipinski definition) is 0. The first-order valence-electron chi connectivity index (χ1n) is 4.83. The number of alkyl halides is 3. The fourth-order valence-electron chi connectivity index (χ4n) is 1.25. The molecule has 8 heteroatoms. The van der Waals surface area contributed by atoms with Crippen LogP contribution in [0.4, 0.5) is 13.2 Å². The van der Waals surface area contributed by atoms with Crippen molar-refractivity contribution < 1.29 is 13.2 Å². The summed E-state index contributed by atoms with van der Waals surface area (Å²) in [7, 11) is 0. The van der Waals surface area contributed by atoms with Crippen molar-refractivity contribution in [2.45, 2.75) is 19.5 Å². The molecule has 0 unspecified atom stereocenters. The van der Waals surface area contributed by atoms with Gasteiger partial charge in [0.2, 0.25) is 0 Å². The molecule has 0 bridgehead atoms. The van der Waals surface area contributed by atoms with Crippen LogP contribution in [0, 0.1) is 0 Å². The number of aromatic nitrogens is 5. The van der Waals surface area contributed by atoms with Crippen molar-refractivity contribution >= 4 is 0 Å². The Morgan fingerprint density at radius 2 is 1.88 bits per heavy atom. The summed E-state index contributed by atoms with van der Waals surface area (Å²) in [6.07, 6.45) is -1.40. The van der Waals surface area contributed by atoms with Gasteiger partial charge in [0, 0.05) is 18.8 Å². The molecule has 2 aromatic heterocycles. The maximum absolute atomic E-state index is 12.5. The fraction of sp³-hybridized carbons (Fsp3) is 0.333. The Morgan fingerprint density at radius 1 is 1.24 bits per heavy atom. The lowest BCUT2D eigenvalue weighted by Crippen LogP contribution is -2.09. The molecule has 17 heavy (non-hydrogen) atoms. The van der Waals surface area contributed by atoms with E-state index in [1.807, 2.05) is 0 Å². The zero-order valence-corrected chi connectivity index (χ0v) is 8.81. The second-order valence-corrected chi connectivity index (χ2v) is 3.16. The van der Waals surface area contributed by atoms with Gasteiger partial charge in [-0.2, -0.15) is 17.9 Å². The molecule has 0 saturated heterocycles. The van der Waals surface area contributed by atoms with Crippen LogP contribution in [0.3, 0.4) is 0 Å². The maximum atomic E-state index is 12.5. The van der Waals surface area contributed by atoms with Gasteiger partial charge in [-0.1, -0.05) is 6.92 Å². The highest BCUT2D eigenvalue weighted by Gasteiger charge is 2.37. The molecule has 90 valence electrons. The van der Waals surface area contributed by atoms with Gasteiger partial charge in [-0.15, -0.1) is 5.10 Å². The topological polar surface area (TPSA) is 56.5 Å². The Kier molecular flexibility index (Phi) is 2.78. The molecule has 0 fully saturated rings. The smallest absolute Gasteiger partial charge is 0.220 e. The predicted molar refractivity (Wildman–Crippen MR) is 51.3 cm³/mol. The second kappa shape index (κ2) is 4.11. The van der Waals surface area contributed by atoms with Crippen molar-refractivity contribution in [3.05, 3.63) is 30.1 Å². The largest absolute Gasteiger partial charge is 0.453 e. The molecule has 2 aromatic rings. The van der Waals surface area contributed by atoms with Crippen LogP contribution < -0.4 is 0 Å². The third-order valence-corrected chi connectivity index (χ3v) is 1.99. The third-order valence-electron chi connectivity index (χ3n) is 1.99. The van der Waals surface area contributed by atoms with Gasteiger partial charge >= 0.3 is 6.18 Å². The van der Waals surface area contributed by atoms with Gasteiger partial charge in [-0.25, -0.2) is 15.0 Å². The molecule has 0 radical (unpaired) electrons. The number of nitrogens with zero attached hydrogens (tertiary/aromatic N) is 5. The normalized spacial score (nSPS) is 11.8. The van der Waals surface area contributed by atoms with E-state index in [0.717, 1.165) is 4.68 Å². The Hall–Kier alpha value is -1.99. The number of halogens is 3. The van der Waals surface area contributed by atoms with Crippen molar-refractivity contribution in [3.8, 4) is 5.95 Å². The number of hydrogen-bond acceptors (Lipinski definition) is 4. The second-order valence-electron chi connectivity index (χ2n) is 3.16. The lowest BCUT2D eigenvalue weighted by atomic mass is 10.4. The van der Waals surface area contributed by atoms with Gasteiger partial charge in [-0.3, -0.25) is 0 Å². The molecule has 0 atom stereocenters. The van der Waals surface area contributed by atoms with E-state index in [2.05, 4.69) is 20.1 Å². The molecular weight excluding hydrogens is 235 g/mol. The van der Waals surface area contributed by atoms with Crippen molar-refractivity contribution in [1.82, 2.24) is 24.7 Å². The Balaban J connectivity index is 2.51. The van der Waals surface area contributed by atoms with Crippen LogP contribution in [0.2, 0.25) is 0 Å². The molecule has 0 aliphatic heterocycles. The van der Waals surface area contributed by atoms with Gasteiger partial charge in [0.25, 0.3) is 11.8 Å². The van der Waals surface area contributed by atoms with Crippen LogP contribution in [-0.2, 0) is 12.6 Å². The van der Waals surface area contributed by atoms with Crippen LogP contribution >= 0.6 is 0 Å². The van der Waals surface area contributed by atoms with Crippen molar-refractivity contribution in [2.24, 2.45) is 0 Å². The van der Waals surface area contributed by atoms with Crippen LogP contribution in [0.1, 0.15) is 18.6 Å². The van der Waals surface area contributed by atoms with E-state index in [0.29, 0.717) is 6.42 Å². The van der Waals surface area contributed by atoms with E-state index < -0.39 is 12.0 Å². The van der Waals surface area contributed by atoms with E-state index in [1.165, 1.54) is 12.4 Å². The van der Waals surface area contributed by atoms with E-state index in [1.54, 1.807) is 13.0 Å². The number of aryl methyl sites for hydroxylation is 1. The Labute approximate surface area is 94.3 Å². The molecule has 2 rings (SSSR count). The minimum atomic E-state index is -4.57. The lowest BCUT2D eigenvalue weighted by molar-refractivity contribution is -0.144. The van der Waals surface area contributed by atoms with Crippen molar-refractivity contribution in [2.75, 3.05) is 0 Å². The van der Waals surface area contributed by atoms with Crippen molar-refractivity contribution in [3.63, 3.8) is 0 Å². The minimum absolute atomic E-state index is 0.0763. The summed E-state index contributed by atoms with van der Waals surface area (Å²) in [5, 5.41) is 3.38. The molecule has 5 nitrogen and oxygen atoms in total. The quantitative estimate of drug-likeness (QED) is 0.804. The average Bonchev–Trinajstić information content (AvgIpc) is 2.73. The summed E-state index contributed by atoms with van der Waals surface area (Å²) < 4.78 is 38.4. The summed E-state index contributed by atoms with van der Waals surface area (Å²) >= 11 is 0. The van der Waals surface area contributed by atoms with Gasteiger partial charge in [0.1, 0.15) is 5.82 Å². The predicted octanol–water partition coefficient (Wildman–Crippen LogP) is 1.64. The Morgan fingerprint density at radius 3 is 2.41 bits per heavy atom. The van der Waals surface area contributed by atoms with E-state index in [4.69, 9.17) is 0 Å². The highest BCUT2D eigenvalue weighted by atomic mass is 19.4. The monoisotopic (exact) mass is 243 g/mol. The lowest BCUT2D eigenvalue weighted by Gasteiger charge is -2.00. The molecule has 0 spiro atoms. The zero-order valence-electron chi connectivity index (χ0n) is 8.81. The maximum Gasteiger partial charge on any atom is 0.453 e. The summed E-state index contributed by atoms with van der Waals surface area (Å²) in [5.74, 6) is -0.933. The SMILES string of the molecule is CCc1nc(C(F)(F)F)nn1-c1ncccn1. The summed E-state index contributed by atoms with van der Waals surface area (Å²) in [4.78, 5) is 11.1. The summed E-state index contributed by atoms with van der Waals surface area (Å²) in [5.41, 5.74) is 0. The van der Waals surface area contributed by atoms with Gasteiger partial charge < -0.3 is 0 Å².